The molecule has 2 nitrogen and oxygen atoms in total. The van der Waals surface area contributed by atoms with Crippen molar-refractivity contribution in [3.63, 3.8) is 0 Å². The summed E-state index contributed by atoms with van der Waals surface area (Å²) in [4.78, 5) is 0. The van der Waals surface area contributed by atoms with Gasteiger partial charge in [-0.3, -0.25) is 0 Å². The van der Waals surface area contributed by atoms with E-state index < -0.39 is 0 Å². The average Bonchev–Trinajstić information content (AvgIpc) is 2.10. The molecule has 66 valence electrons. The second-order valence-electron chi connectivity index (χ2n) is 1.69. The topological polar surface area (TPSA) is 46.2 Å². The maximum atomic E-state index is 7.00. The lowest BCUT2D eigenvalue weighted by Crippen LogP contribution is -1.94. The van der Waals surface area contributed by atoms with Gasteiger partial charge in [0.15, 0.2) is 0 Å². The van der Waals surface area contributed by atoms with Crippen LogP contribution in [0.2, 0.25) is 0 Å². The van der Waals surface area contributed by atoms with Crippen molar-refractivity contribution in [1.29, 1.82) is 0 Å². The first kappa shape index (κ1) is 12.8. The van der Waals surface area contributed by atoms with Crippen LogP contribution in [0.5, 0.6) is 0 Å². The fourth-order valence-electron chi connectivity index (χ4n) is 0.614. The smallest absolute Gasteiger partial charge is 0.0319 e. The molecular weight excluding hydrogens is 138 g/mol. The van der Waals surface area contributed by atoms with Crippen molar-refractivity contribution in [3.05, 3.63) is 35.9 Å². The van der Waals surface area contributed by atoms with Crippen molar-refractivity contribution in [1.82, 2.24) is 0 Å². The molecule has 0 fully saturated rings. The number of hydrogen-bond acceptors (Lipinski definition) is 2. The Kier molecular flexibility index (Phi) is 10.6. The zero-order valence-corrected chi connectivity index (χ0v) is 6.12. The maximum absolute atomic E-state index is 7.00. The highest BCUT2D eigenvalue weighted by Crippen LogP contribution is 1.94. The summed E-state index contributed by atoms with van der Waals surface area (Å²) in [6.07, 6.45) is 0. The highest BCUT2D eigenvalue weighted by molar-refractivity contribution is 5.13. The Morgan fingerprint density at radius 2 is 1.73 bits per heavy atom. The molecule has 0 atom stereocenters. The van der Waals surface area contributed by atoms with Gasteiger partial charge in [0.25, 0.3) is 0 Å². The van der Waals surface area contributed by atoms with E-state index in [1.165, 1.54) is 5.56 Å². The van der Waals surface area contributed by atoms with Gasteiger partial charge in [0.05, 0.1) is 0 Å². The van der Waals surface area contributed by atoms with Gasteiger partial charge in [0.2, 0.25) is 0 Å². The van der Waals surface area contributed by atoms with E-state index in [1.54, 1.807) is 0 Å². The van der Waals surface area contributed by atoms with Crippen LogP contribution in [0.15, 0.2) is 30.3 Å². The average molecular weight is 157 g/mol. The molecule has 1 aromatic rings. The molecule has 0 heterocycles. The van der Waals surface area contributed by atoms with Crippen LogP contribution in [0.1, 0.15) is 14.4 Å². The van der Waals surface area contributed by atoms with E-state index in [4.69, 9.17) is 10.8 Å². The Morgan fingerprint density at radius 1 is 1.27 bits per heavy atom. The molecule has 0 aliphatic carbocycles. The molecule has 0 radical (unpaired) electrons. The molecule has 0 amide bonds. The van der Waals surface area contributed by atoms with Crippen LogP contribution in [-0.4, -0.2) is 12.2 Å². The first-order valence-electron chi connectivity index (χ1n) is 3.12. The van der Waals surface area contributed by atoms with E-state index in [0.29, 0.717) is 6.54 Å². The summed E-state index contributed by atoms with van der Waals surface area (Å²) in [6.45, 7) is 0.640. The molecule has 0 spiro atoms. The summed E-state index contributed by atoms with van der Waals surface area (Å²) in [6, 6.07) is 9.99. The van der Waals surface area contributed by atoms with Gasteiger partial charge in [-0.2, -0.15) is 0 Å². The van der Waals surface area contributed by atoms with Gasteiger partial charge in [-0.15, -0.1) is 0 Å². The van der Waals surface area contributed by atoms with Crippen LogP contribution >= 0.6 is 0 Å². The van der Waals surface area contributed by atoms with Crippen molar-refractivity contribution in [2.45, 2.75) is 14.0 Å². The fraction of sp³-hybridized carbons (Fsp3) is 0.333. The zero-order valence-electron chi connectivity index (χ0n) is 6.12. The van der Waals surface area contributed by atoms with Gasteiger partial charge >= 0.3 is 0 Å². The van der Waals surface area contributed by atoms with Crippen molar-refractivity contribution in [2.75, 3.05) is 7.11 Å². The Hall–Kier alpha value is -0.860. The highest BCUT2D eigenvalue weighted by Gasteiger charge is 1.80. The normalized spacial score (nSPS) is 7.18. The summed E-state index contributed by atoms with van der Waals surface area (Å²) in [7, 11) is 1.00. The summed E-state index contributed by atoms with van der Waals surface area (Å²) < 4.78 is 0. The van der Waals surface area contributed by atoms with Crippen molar-refractivity contribution in [3.8, 4) is 0 Å². The highest BCUT2D eigenvalue weighted by atomic mass is 16.2. The van der Waals surface area contributed by atoms with E-state index in [1.807, 2.05) is 30.3 Å². The van der Waals surface area contributed by atoms with Crippen LogP contribution in [0.3, 0.4) is 0 Å². The first-order valence-corrected chi connectivity index (χ1v) is 3.12. The molecule has 1 aromatic carbocycles. The van der Waals surface area contributed by atoms with E-state index >= 15 is 0 Å². The minimum Gasteiger partial charge on any atom is -0.400 e. The quantitative estimate of drug-likeness (QED) is 0.651. The standard InChI is InChI=1S/C7H9N.CH4O.CH4.H2/c8-6-7-4-2-1-3-5-7;1-2;;/h1-5H,6,8H2;2H,1H3;1H4;1H. The summed E-state index contributed by atoms with van der Waals surface area (Å²) >= 11 is 0. The van der Waals surface area contributed by atoms with Crippen LogP contribution in [0.4, 0.5) is 0 Å². The Labute approximate surface area is 70.2 Å². The molecule has 3 N–H and O–H groups in total. The third kappa shape index (κ3) is 5.58. The third-order valence-electron chi connectivity index (χ3n) is 1.08. The van der Waals surface area contributed by atoms with Gasteiger partial charge in [0, 0.05) is 15.1 Å². The van der Waals surface area contributed by atoms with Gasteiger partial charge in [-0.1, -0.05) is 37.8 Å². The molecule has 0 saturated heterocycles. The zero-order chi connectivity index (χ0) is 7.82. The number of aliphatic hydroxyl groups is 1. The Morgan fingerprint density at radius 3 is 2.00 bits per heavy atom. The molecule has 11 heavy (non-hydrogen) atoms. The number of rotatable bonds is 1. The van der Waals surface area contributed by atoms with Crippen LogP contribution < -0.4 is 5.73 Å². The number of nitrogens with two attached hydrogens (primary N) is 1. The molecule has 0 aromatic heterocycles. The number of benzene rings is 1. The third-order valence-corrected chi connectivity index (χ3v) is 1.08. The van der Waals surface area contributed by atoms with E-state index in [2.05, 4.69) is 0 Å². The summed E-state index contributed by atoms with van der Waals surface area (Å²) in [5, 5.41) is 7.00. The lowest BCUT2D eigenvalue weighted by Gasteiger charge is -1.90. The van der Waals surface area contributed by atoms with Crippen LogP contribution in [-0.2, 0) is 6.54 Å². The minimum atomic E-state index is 0. The maximum Gasteiger partial charge on any atom is 0.0319 e. The Balaban J connectivity index is -0.000000189. The molecule has 0 unspecified atom stereocenters. The molecule has 0 bridgehead atoms. The van der Waals surface area contributed by atoms with Crippen molar-refractivity contribution >= 4 is 0 Å². The number of aliphatic hydroxyl groups excluding tert-OH is 1. The minimum absolute atomic E-state index is 0. The second-order valence-corrected chi connectivity index (χ2v) is 1.69. The van der Waals surface area contributed by atoms with Gasteiger partial charge in [-0.25, -0.2) is 0 Å². The molecule has 1 rings (SSSR count). The predicted molar refractivity (Wildman–Crippen MR) is 51.3 cm³/mol. The second kappa shape index (κ2) is 9.14. The van der Waals surface area contributed by atoms with E-state index in [0.717, 1.165) is 7.11 Å². The molecule has 0 aliphatic rings. The predicted octanol–water partition coefficient (Wildman–Crippen LogP) is 1.64. The van der Waals surface area contributed by atoms with E-state index in [9.17, 15) is 0 Å². The lowest BCUT2D eigenvalue weighted by atomic mass is 10.2. The van der Waals surface area contributed by atoms with E-state index in [-0.39, 0.29) is 8.85 Å². The van der Waals surface area contributed by atoms with Crippen LogP contribution in [0.25, 0.3) is 0 Å². The largest absolute Gasteiger partial charge is 0.400 e. The molecule has 2 heteroatoms. The number of hydrogen-bond donors (Lipinski definition) is 2. The van der Waals surface area contributed by atoms with Crippen molar-refractivity contribution in [2.24, 2.45) is 5.73 Å². The monoisotopic (exact) mass is 157 g/mol. The first-order chi connectivity index (χ1) is 4.93. The lowest BCUT2D eigenvalue weighted by molar-refractivity contribution is 0.399. The molecule has 0 saturated carbocycles. The van der Waals surface area contributed by atoms with Crippen LogP contribution in [0, 0.1) is 0 Å². The van der Waals surface area contributed by atoms with Gasteiger partial charge < -0.3 is 10.8 Å². The Bertz CT molecular complexity index is 156. The summed E-state index contributed by atoms with van der Waals surface area (Å²) in [5.41, 5.74) is 6.54. The fourth-order valence-corrected chi connectivity index (χ4v) is 0.614. The van der Waals surface area contributed by atoms with Crippen molar-refractivity contribution < 1.29 is 6.53 Å². The van der Waals surface area contributed by atoms with Gasteiger partial charge in [0.1, 0.15) is 0 Å². The summed E-state index contributed by atoms with van der Waals surface area (Å²) in [5.74, 6) is 0. The molecule has 0 aliphatic heterocycles. The van der Waals surface area contributed by atoms with Gasteiger partial charge in [-0.05, 0) is 5.56 Å². The SMILES string of the molecule is C.CO.NCc1ccccc1.[HH]. The molecular formula is C9H19NO.